The number of nitrogens with two attached hydrogens (primary N) is 2. The first-order valence-corrected chi connectivity index (χ1v) is 4.82. The predicted octanol–water partition coefficient (Wildman–Crippen LogP) is 1.29. The Kier molecular flexibility index (Phi) is 3.77. The average Bonchev–Trinajstić information content (AvgIpc) is 2.21. The van der Waals surface area contributed by atoms with Gasteiger partial charge in [0.15, 0.2) is 0 Å². The van der Waals surface area contributed by atoms with Gasteiger partial charge in [0.1, 0.15) is 0 Å². The van der Waals surface area contributed by atoms with Crippen LogP contribution in [-0.2, 0) is 4.74 Å². The van der Waals surface area contributed by atoms with Gasteiger partial charge in [0, 0.05) is 0 Å². The topological polar surface area (TPSA) is 90.4 Å². The van der Waals surface area contributed by atoms with E-state index >= 15 is 0 Å². The maximum absolute atomic E-state index is 11.4. The van der Waals surface area contributed by atoms with E-state index in [1.807, 2.05) is 0 Å². The number of ether oxygens (including phenoxy) is 1. The van der Waals surface area contributed by atoms with Crippen molar-refractivity contribution in [2.75, 3.05) is 17.7 Å². The third kappa shape index (κ3) is 2.91. The van der Waals surface area contributed by atoms with E-state index < -0.39 is 5.97 Å². The van der Waals surface area contributed by atoms with Crippen molar-refractivity contribution >= 4 is 17.3 Å². The molecule has 0 atom stereocenters. The van der Waals surface area contributed by atoms with Crippen molar-refractivity contribution in [1.29, 1.82) is 0 Å². The summed E-state index contributed by atoms with van der Waals surface area (Å²) in [6.07, 6.45) is 0. The fourth-order valence-corrected chi connectivity index (χ4v) is 1.18. The van der Waals surface area contributed by atoms with Crippen molar-refractivity contribution in [3.8, 4) is 0 Å². The number of carbonyl (C=O) groups excluding carboxylic acids is 1. The summed E-state index contributed by atoms with van der Waals surface area (Å²) in [4.78, 5) is 11.4. The van der Waals surface area contributed by atoms with Crippen molar-refractivity contribution in [2.24, 2.45) is 5.73 Å². The Morgan fingerprint density at radius 3 is 2.81 bits per heavy atom. The lowest BCUT2D eigenvalue weighted by Gasteiger charge is -2.10. The molecule has 86 valence electrons. The molecule has 1 aromatic carbocycles. The fourth-order valence-electron chi connectivity index (χ4n) is 1.18. The van der Waals surface area contributed by atoms with Crippen LogP contribution in [0.5, 0.6) is 0 Å². The molecule has 0 unspecified atom stereocenters. The minimum absolute atomic E-state index is 0.257. The van der Waals surface area contributed by atoms with Crippen molar-refractivity contribution in [3.63, 3.8) is 0 Å². The van der Waals surface area contributed by atoms with E-state index in [1.54, 1.807) is 25.1 Å². The summed E-state index contributed by atoms with van der Waals surface area (Å²) < 4.78 is 4.87. The van der Waals surface area contributed by atoms with E-state index in [9.17, 15) is 4.79 Å². The highest BCUT2D eigenvalue weighted by Crippen LogP contribution is 2.21. The summed E-state index contributed by atoms with van der Waals surface area (Å²) in [6, 6.07) is 4.78. The lowest BCUT2D eigenvalue weighted by atomic mass is 10.1. The van der Waals surface area contributed by atoms with E-state index in [1.165, 1.54) is 0 Å². The first-order valence-electron chi connectivity index (χ1n) is 4.82. The zero-order chi connectivity index (χ0) is 12.1. The molecule has 1 aromatic rings. The van der Waals surface area contributed by atoms with Crippen LogP contribution in [0.2, 0.25) is 0 Å². The fraction of sp³-hybridized carbons (Fsp3) is 0.182. The Morgan fingerprint density at radius 2 is 2.25 bits per heavy atom. The van der Waals surface area contributed by atoms with Crippen molar-refractivity contribution in [1.82, 2.24) is 0 Å². The van der Waals surface area contributed by atoms with Crippen LogP contribution in [0.1, 0.15) is 17.3 Å². The van der Waals surface area contributed by atoms with Gasteiger partial charge in [-0.05, 0) is 25.1 Å². The van der Waals surface area contributed by atoms with Crippen LogP contribution in [0, 0.1) is 0 Å². The molecule has 0 saturated heterocycles. The number of hydrogen-bond acceptors (Lipinski definition) is 5. The van der Waals surface area contributed by atoms with Crippen LogP contribution in [0.4, 0.5) is 11.4 Å². The molecular formula is C11H15N3O2. The van der Waals surface area contributed by atoms with Gasteiger partial charge in [-0.1, -0.05) is 6.58 Å². The summed E-state index contributed by atoms with van der Waals surface area (Å²) in [5.41, 5.74) is 12.5. The Bertz CT molecular complexity index is 416. The lowest BCUT2D eigenvalue weighted by molar-refractivity contribution is 0.0526. The van der Waals surface area contributed by atoms with Crippen LogP contribution in [0.3, 0.4) is 0 Å². The number of hydrogen-bond donors (Lipinski definition) is 3. The van der Waals surface area contributed by atoms with E-state index in [0.29, 0.717) is 23.5 Å². The van der Waals surface area contributed by atoms with Crippen LogP contribution in [0.15, 0.2) is 30.6 Å². The van der Waals surface area contributed by atoms with Gasteiger partial charge in [-0.3, -0.25) is 0 Å². The smallest absolute Gasteiger partial charge is 0.338 e. The highest BCUT2D eigenvalue weighted by Gasteiger charge is 2.08. The van der Waals surface area contributed by atoms with Crippen LogP contribution >= 0.6 is 0 Å². The highest BCUT2D eigenvalue weighted by molar-refractivity contribution is 5.92. The van der Waals surface area contributed by atoms with E-state index in [-0.39, 0.29) is 5.82 Å². The monoisotopic (exact) mass is 221 g/mol. The Labute approximate surface area is 94.1 Å². The maximum atomic E-state index is 11.4. The average molecular weight is 221 g/mol. The van der Waals surface area contributed by atoms with Gasteiger partial charge in [0.2, 0.25) is 0 Å². The molecule has 1 rings (SSSR count). The summed E-state index contributed by atoms with van der Waals surface area (Å²) in [7, 11) is 0. The number of anilines is 2. The Morgan fingerprint density at radius 1 is 1.56 bits per heavy atom. The molecule has 0 aromatic heterocycles. The molecule has 0 fully saturated rings. The predicted molar refractivity (Wildman–Crippen MR) is 63.8 cm³/mol. The number of rotatable bonds is 4. The zero-order valence-electron chi connectivity index (χ0n) is 9.12. The first kappa shape index (κ1) is 11.9. The van der Waals surface area contributed by atoms with E-state index in [2.05, 4.69) is 11.9 Å². The SMILES string of the molecule is C=C(N)Nc1cc(C(=O)OCC)ccc1N. The van der Waals surface area contributed by atoms with Gasteiger partial charge in [0.25, 0.3) is 0 Å². The van der Waals surface area contributed by atoms with Crippen LogP contribution < -0.4 is 16.8 Å². The van der Waals surface area contributed by atoms with Gasteiger partial charge in [-0.25, -0.2) is 4.79 Å². The number of esters is 1. The third-order valence-corrected chi connectivity index (χ3v) is 1.86. The van der Waals surface area contributed by atoms with Crippen molar-refractivity contribution in [2.45, 2.75) is 6.92 Å². The lowest BCUT2D eigenvalue weighted by Crippen LogP contribution is -2.10. The minimum Gasteiger partial charge on any atom is -0.462 e. The number of nitrogens with one attached hydrogen (secondary N) is 1. The number of nitrogen functional groups attached to an aromatic ring is 1. The summed E-state index contributed by atoms with van der Waals surface area (Å²) in [6.45, 7) is 5.57. The second-order valence-corrected chi connectivity index (χ2v) is 3.17. The van der Waals surface area contributed by atoms with E-state index in [4.69, 9.17) is 16.2 Å². The normalized spacial score (nSPS) is 9.56. The van der Waals surface area contributed by atoms with Crippen molar-refractivity contribution in [3.05, 3.63) is 36.2 Å². The Hall–Kier alpha value is -2.17. The maximum Gasteiger partial charge on any atom is 0.338 e. The standard InChI is InChI=1S/C11H15N3O2/c1-3-16-11(15)8-4-5-9(13)10(6-8)14-7(2)12/h4-6,14H,2-3,12-13H2,1H3. The summed E-state index contributed by atoms with van der Waals surface area (Å²) in [5.74, 6) is -0.138. The molecule has 0 amide bonds. The molecule has 0 saturated carbocycles. The van der Waals surface area contributed by atoms with Gasteiger partial charge >= 0.3 is 5.97 Å². The molecule has 16 heavy (non-hydrogen) atoms. The van der Waals surface area contributed by atoms with Gasteiger partial charge < -0.3 is 21.5 Å². The molecule has 5 N–H and O–H groups in total. The molecule has 0 aliphatic rings. The quantitative estimate of drug-likeness (QED) is 0.526. The molecule has 5 heteroatoms. The second-order valence-electron chi connectivity index (χ2n) is 3.17. The van der Waals surface area contributed by atoms with Crippen molar-refractivity contribution < 1.29 is 9.53 Å². The molecule has 0 aliphatic heterocycles. The third-order valence-electron chi connectivity index (χ3n) is 1.86. The minimum atomic E-state index is -0.395. The molecule has 0 heterocycles. The van der Waals surface area contributed by atoms with Crippen LogP contribution in [-0.4, -0.2) is 12.6 Å². The molecule has 0 radical (unpaired) electrons. The largest absolute Gasteiger partial charge is 0.462 e. The molecule has 0 spiro atoms. The highest BCUT2D eigenvalue weighted by atomic mass is 16.5. The summed E-state index contributed by atoms with van der Waals surface area (Å²) in [5, 5.41) is 2.76. The second kappa shape index (κ2) is 5.06. The van der Waals surface area contributed by atoms with Crippen LogP contribution in [0.25, 0.3) is 0 Å². The zero-order valence-corrected chi connectivity index (χ0v) is 9.12. The Balaban J connectivity index is 2.97. The first-order chi connectivity index (χ1) is 7.54. The number of benzene rings is 1. The van der Waals surface area contributed by atoms with Gasteiger partial charge in [-0.2, -0.15) is 0 Å². The number of carbonyl (C=O) groups is 1. The summed E-state index contributed by atoms with van der Waals surface area (Å²) >= 11 is 0. The van der Waals surface area contributed by atoms with Gasteiger partial charge in [0.05, 0.1) is 29.4 Å². The molecule has 0 aliphatic carbocycles. The molecule has 5 nitrogen and oxygen atoms in total. The molecular weight excluding hydrogens is 206 g/mol. The molecule has 0 bridgehead atoms. The van der Waals surface area contributed by atoms with Gasteiger partial charge in [-0.15, -0.1) is 0 Å². The van der Waals surface area contributed by atoms with E-state index in [0.717, 1.165) is 0 Å².